The number of H-pyrrole nitrogens is 1. The van der Waals surface area contributed by atoms with E-state index < -0.39 is 0 Å². The Balaban J connectivity index is 0.770. The summed E-state index contributed by atoms with van der Waals surface area (Å²) in [5.41, 5.74) is 11.1. The van der Waals surface area contributed by atoms with Crippen LogP contribution in [-0.2, 0) is 10.2 Å². The molecule has 3 aliphatic rings. The number of hydrogen-bond acceptors (Lipinski definition) is 10. The van der Waals surface area contributed by atoms with E-state index in [4.69, 9.17) is 9.51 Å². The van der Waals surface area contributed by atoms with Gasteiger partial charge in [0.25, 0.3) is 5.91 Å². The van der Waals surface area contributed by atoms with Crippen LogP contribution in [0.3, 0.4) is 0 Å². The number of rotatable bonds is 10. The van der Waals surface area contributed by atoms with Crippen molar-refractivity contribution < 1.29 is 18.9 Å². The van der Waals surface area contributed by atoms with Crippen LogP contribution in [0.4, 0.5) is 21.9 Å². The van der Waals surface area contributed by atoms with Crippen molar-refractivity contribution in [2.75, 3.05) is 67.1 Å². The highest BCUT2D eigenvalue weighted by Crippen LogP contribution is 2.34. The molecule has 9 rings (SSSR count). The third-order valence-corrected chi connectivity index (χ3v) is 13.2. The minimum Gasteiger partial charge on any atom is -0.372 e. The summed E-state index contributed by atoms with van der Waals surface area (Å²) in [6, 6.07) is 24.7. The molecular formula is C50H58N10O4. The Bertz CT molecular complexity index is 2680. The highest BCUT2D eigenvalue weighted by molar-refractivity contribution is 6.06. The van der Waals surface area contributed by atoms with Crippen LogP contribution in [0, 0.1) is 19.8 Å². The maximum absolute atomic E-state index is 13.0. The monoisotopic (exact) mass is 862 g/mol. The molecule has 64 heavy (non-hydrogen) atoms. The summed E-state index contributed by atoms with van der Waals surface area (Å²) in [6.07, 6.45) is 4.54. The number of aromatic nitrogens is 4. The summed E-state index contributed by atoms with van der Waals surface area (Å²) in [5.74, 6) is 0.865. The van der Waals surface area contributed by atoms with Gasteiger partial charge in [-0.1, -0.05) is 50.2 Å². The lowest BCUT2D eigenvalue weighted by atomic mass is 9.93. The average Bonchev–Trinajstić information content (AvgIpc) is 3.96. The van der Waals surface area contributed by atoms with Crippen LogP contribution in [0.15, 0.2) is 83.5 Å². The van der Waals surface area contributed by atoms with Crippen LogP contribution in [0.25, 0.3) is 33.4 Å². The van der Waals surface area contributed by atoms with E-state index in [1.165, 1.54) is 11.4 Å². The van der Waals surface area contributed by atoms with Gasteiger partial charge in [-0.05, 0) is 104 Å². The Morgan fingerprint density at radius 3 is 2.23 bits per heavy atom. The molecule has 3 aromatic carbocycles. The van der Waals surface area contributed by atoms with E-state index >= 15 is 0 Å². The molecule has 3 N–H and O–H groups in total. The molecule has 0 unspecified atom stereocenters. The first-order valence-electron chi connectivity index (χ1n) is 22.5. The van der Waals surface area contributed by atoms with Gasteiger partial charge in [-0.15, -0.1) is 0 Å². The van der Waals surface area contributed by atoms with Gasteiger partial charge in [0.2, 0.25) is 5.91 Å². The van der Waals surface area contributed by atoms with Crippen molar-refractivity contribution in [2.45, 2.75) is 72.3 Å². The van der Waals surface area contributed by atoms with E-state index in [1.54, 1.807) is 11.0 Å². The van der Waals surface area contributed by atoms with E-state index in [1.807, 2.05) is 46.9 Å². The third kappa shape index (κ3) is 8.96. The number of fused-ring (bicyclic) bond motifs is 1. The highest BCUT2D eigenvalue weighted by Gasteiger charge is 2.28. The predicted molar refractivity (Wildman–Crippen MR) is 251 cm³/mol. The Morgan fingerprint density at radius 2 is 1.55 bits per heavy atom. The number of anilines is 3. The zero-order chi connectivity index (χ0) is 44.7. The number of piperidine rings is 1. The van der Waals surface area contributed by atoms with Crippen molar-refractivity contribution in [3.8, 4) is 22.4 Å². The molecule has 14 nitrogen and oxygen atoms in total. The predicted octanol–water partition coefficient (Wildman–Crippen LogP) is 8.17. The molecule has 3 fully saturated rings. The van der Waals surface area contributed by atoms with Gasteiger partial charge in [0.05, 0.1) is 11.7 Å². The largest absolute Gasteiger partial charge is 0.372 e. The van der Waals surface area contributed by atoms with Crippen molar-refractivity contribution in [3.63, 3.8) is 0 Å². The fraction of sp³-hybridized carbons (Fsp3) is 0.400. The SMILES string of the molecule is Cc1cc(-c2[nH]nc3ncc(-c4ccc(N5CCN(CC6CCN(c7ccc(N8CCC(=O)NC8=O)c(C)c7)CC6)CC5)cc4)cc23)ccc1[C@@H](C)NC(=O)c1cc(C(C)(C)C)on1. The van der Waals surface area contributed by atoms with Crippen LogP contribution in [-0.4, -0.2) is 95.4 Å². The maximum atomic E-state index is 13.0. The molecule has 0 aliphatic carbocycles. The Hall–Kier alpha value is -6.54. The van der Waals surface area contributed by atoms with Crippen LogP contribution >= 0.6 is 0 Å². The van der Waals surface area contributed by atoms with Crippen LogP contribution in [0.5, 0.6) is 0 Å². The second kappa shape index (κ2) is 17.6. The third-order valence-electron chi connectivity index (χ3n) is 13.2. The number of carbonyl (C=O) groups is 3. The molecule has 4 amide bonds. The minimum absolute atomic E-state index is 0.215. The number of piperazine rings is 1. The summed E-state index contributed by atoms with van der Waals surface area (Å²) in [4.78, 5) is 51.0. The quantitative estimate of drug-likeness (QED) is 0.123. The normalized spacial score (nSPS) is 17.2. The van der Waals surface area contributed by atoms with E-state index in [2.05, 4.69) is 108 Å². The number of benzene rings is 3. The molecule has 0 spiro atoms. The van der Waals surface area contributed by atoms with Gasteiger partial charge in [0, 0.05) is 110 Å². The average molecular weight is 863 g/mol. The van der Waals surface area contributed by atoms with Crippen molar-refractivity contribution >= 4 is 45.9 Å². The molecule has 3 aliphatic heterocycles. The fourth-order valence-corrected chi connectivity index (χ4v) is 9.40. The number of nitrogens with one attached hydrogen (secondary N) is 3. The number of hydrogen-bond donors (Lipinski definition) is 3. The number of imide groups is 1. The lowest BCUT2D eigenvalue weighted by Gasteiger charge is -2.40. The van der Waals surface area contributed by atoms with E-state index in [0.717, 1.165) is 109 Å². The first-order chi connectivity index (χ1) is 30.8. The molecule has 14 heteroatoms. The smallest absolute Gasteiger partial charge is 0.328 e. The number of pyridine rings is 1. The van der Waals surface area contributed by atoms with Crippen molar-refractivity contribution in [2.24, 2.45) is 5.92 Å². The molecule has 332 valence electrons. The number of nitrogens with zero attached hydrogens (tertiary/aromatic N) is 7. The first-order valence-corrected chi connectivity index (χ1v) is 22.5. The lowest BCUT2D eigenvalue weighted by molar-refractivity contribution is -0.120. The van der Waals surface area contributed by atoms with Crippen LogP contribution in [0.1, 0.15) is 85.9 Å². The summed E-state index contributed by atoms with van der Waals surface area (Å²) >= 11 is 0. The van der Waals surface area contributed by atoms with Crippen LogP contribution in [0.2, 0.25) is 0 Å². The van der Waals surface area contributed by atoms with Crippen molar-refractivity contribution in [1.82, 2.24) is 35.9 Å². The molecular weight excluding hydrogens is 805 g/mol. The Morgan fingerprint density at radius 1 is 0.828 bits per heavy atom. The van der Waals surface area contributed by atoms with Crippen molar-refractivity contribution in [3.05, 3.63) is 107 Å². The van der Waals surface area contributed by atoms with E-state index in [-0.39, 0.29) is 35.0 Å². The number of aryl methyl sites for hydroxylation is 2. The second-order valence-electron chi connectivity index (χ2n) is 18.8. The first kappa shape index (κ1) is 42.7. The van der Waals surface area contributed by atoms with E-state index in [9.17, 15) is 14.4 Å². The summed E-state index contributed by atoms with van der Waals surface area (Å²) in [6.45, 7) is 19.8. The summed E-state index contributed by atoms with van der Waals surface area (Å²) in [5, 5.41) is 18.2. The van der Waals surface area contributed by atoms with Gasteiger partial charge in [-0.25, -0.2) is 9.78 Å². The van der Waals surface area contributed by atoms with Gasteiger partial charge in [0.1, 0.15) is 5.76 Å². The summed E-state index contributed by atoms with van der Waals surface area (Å²) < 4.78 is 5.43. The summed E-state index contributed by atoms with van der Waals surface area (Å²) in [7, 11) is 0. The topological polar surface area (TPSA) is 156 Å². The zero-order valence-corrected chi connectivity index (χ0v) is 37.7. The van der Waals surface area contributed by atoms with Crippen molar-refractivity contribution in [1.29, 1.82) is 0 Å². The van der Waals surface area contributed by atoms with Gasteiger partial charge in [-0.2, -0.15) is 5.10 Å². The molecule has 0 saturated carbocycles. The van der Waals surface area contributed by atoms with Crippen LogP contribution < -0.4 is 25.3 Å². The van der Waals surface area contributed by atoms with Gasteiger partial charge in [-0.3, -0.25) is 29.8 Å². The van der Waals surface area contributed by atoms with Gasteiger partial charge in [0.15, 0.2) is 11.3 Å². The Kier molecular flexibility index (Phi) is 11.7. The minimum atomic E-state index is -0.341. The fourth-order valence-electron chi connectivity index (χ4n) is 9.40. The molecule has 6 heterocycles. The number of urea groups is 1. The number of carbonyl (C=O) groups excluding carboxylic acids is 3. The Labute approximate surface area is 374 Å². The zero-order valence-electron chi connectivity index (χ0n) is 37.7. The highest BCUT2D eigenvalue weighted by atomic mass is 16.5. The molecule has 3 aromatic heterocycles. The standard InChI is InChI=1S/C50H58N10O4/c1-31-25-36(9-13-40(31)33(3)52-48(62)42-28-44(64-56-42)50(4,5)6)46-41-27-37(29-51-47(41)55-54-46)35-7-10-38(11-8-35)59-23-21-57(22-24-59)30-34-15-18-58(19-16-34)39-12-14-43(32(2)26-39)60-20-17-45(61)53-49(60)63/h7-14,25-29,33-34H,15-24,30H2,1-6H3,(H,52,62)(H,51,54,55)(H,53,61,63)/t33-/m1/s1. The molecule has 0 bridgehead atoms. The van der Waals surface area contributed by atoms with Gasteiger partial charge >= 0.3 is 6.03 Å². The number of amides is 4. The second-order valence-corrected chi connectivity index (χ2v) is 18.8. The maximum Gasteiger partial charge on any atom is 0.328 e. The number of aromatic amines is 1. The lowest BCUT2D eigenvalue weighted by Crippen LogP contribution is -2.49. The molecule has 0 radical (unpaired) electrons. The molecule has 1 atom stereocenters. The van der Waals surface area contributed by atoms with E-state index in [0.29, 0.717) is 30.3 Å². The molecule has 3 saturated heterocycles. The van der Waals surface area contributed by atoms with Gasteiger partial charge < -0.3 is 19.6 Å². The molecule has 6 aromatic rings.